The van der Waals surface area contributed by atoms with E-state index >= 15 is 0 Å². The zero-order chi connectivity index (χ0) is 22.2. The molecule has 32 heavy (non-hydrogen) atoms. The lowest BCUT2D eigenvalue weighted by Crippen LogP contribution is -2.37. The average Bonchev–Trinajstić information content (AvgIpc) is 3.16. The Balaban J connectivity index is 1.49. The van der Waals surface area contributed by atoms with Crippen LogP contribution in [0.1, 0.15) is 42.2 Å². The normalized spacial score (nSPS) is 17.8. The molecule has 2 aliphatic heterocycles. The molecule has 8 heteroatoms. The molecule has 0 aliphatic carbocycles. The maximum atomic E-state index is 14.4. The van der Waals surface area contributed by atoms with E-state index in [0.29, 0.717) is 28.8 Å². The summed E-state index contributed by atoms with van der Waals surface area (Å²) in [6, 6.07) is 9.48. The van der Waals surface area contributed by atoms with Gasteiger partial charge in [-0.2, -0.15) is 0 Å². The summed E-state index contributed by atoms with van der Waals surface area (Å²) < 4.78 is 28.8. The molecule has 3 aromatic rings. The number of pyridine rings is 2. The molecule has 1 amide bonds. The molecule has 1 saturated heterocycles. The number of hydrogen-bond acceptors (Lipinski definition) is 5. The van der Waals surface area contributed by atoms with Gasteiger partial charge in [-0.05, 0) is 56.5 Å². The molecule has 164 valence electrons. The largest absolute Gasteiger partial charge is 0.368 e. The highest BCUT2D eigenvalue weighted by Gasteiger charge is 2.27. The van der Waals surface area contributed by atoms with Crippen LogP contribution in [-0.4, -0.2) is 28.5 Å². The minimum atomic E-state index is -0.709. The van der Waals surface area contributed by atoms with Crippen LogP contribution in [0, 0.1) is 11.6 Å². The zero-order valence-electron chi connectivity index (χ0n) is 17.7. The van der Waals surface area contributed by atoms with Crippen LogP contribution in [0.15, 0.2) is 42.6 Å². The number of carbonyl (C=O) groups excluding carboxylic acids is 1. The van der Waals surface area contributed by atoms with E-state index in [1.165, 1.54) is 30.7 Å². The molecule has 0 radical (unpaired) electrons. The number of carbonyl (C=O) groups is 1. The number of fused-ring (bicyclic) bond motifs is 1. The molecular weight excluding hydrogens is 412 g/mol. The molecule has 0 unspecified atom stereocenters. The monoisotopic (exact) mass is 435 g/mol. The summed E-state index contributed by atoms with van der Waals surface area (Å²) in [5.41, 5.74) is 2.17. The number of amides is 1. The second-order valence-corrected chi connectivity index (χ2v) is 8.22. The van der Waals surface area contributed by atoms with Gasteiger partial charge in [-0.1, -0.05) is 6.07 Å². The summed E-state index contributed by atoms with van der Waals surface area (Å²) >= 11 is 0. The molecule has 6 nitrogen and oxygen atoms in total. The summed E-state index contributed by atoms with van der Waals surface area (Å²) in [7, 11) is 0. The van der Waals surface area contributed by atoms with Crippen LogP contribution in [0.2, 0.25) is 0 Å². The topological polar surface area (TPSA) is 70.2 Å². The minimum absolute atomic E-state index is 0.122. The van der Waals surface area contributed by atoms with Crippen LogP contribution in [0.5, 0.6) is 0 Å². The van der Waals surface area contributed by atoms with E-state index in [0.717, 1.165) is 25.1 Å². The lowest BCUT2D eigenvalue weighted by atomic mass is 10.0. The van der Waals surface area contributed by atoms with Crippen LogP contribution in [0.3, 0.4) is 0 Å². The molecule has 2 aromatic heterocycles. The molecule has 1 atom stereocenters. The molecule has 2 N–H and O–H groups in total. The van der Waals surface area contributed by atoms with Gasteiger partial charge in [-0.15, -0.1) is 0 Å². The third-order valence-corrected chi connectivity index (χ3v) is 6.10. The summed E-state index contributed by atoms with van der Waals surface area (Å²) in [6.45, 7) is 3.42. The fraction of sp³-hybridized carbons (Fsp3) is 0.292. The number of halogens is 2. The van der Waals surface area contributed by atoms with E-state index in [1.54, 1.807) is 0 Å². The third-order valence-electron chi connectivity index (χ3n) is 6.10. The fourth-order valence-corrected chi connectivity index (χ4v) is 4.45. The first-order valence-corrected chi connectivity index (χ1v) is 10.8. The zero-order valence-corrected chi connectivity index (χ0v) is 17.7. The van der Waals surface area contributed by atoms with Crippen molar-refractivity contribution in [2.75, 3.05) is 16.8 Å². The Hall–Kier alpha value is -3.55. The summed E-state index contributed by atoms with van der Waals surface area (Å²) in [5, 5.41) is 5.87. The molecule has 2 aliphatic rings. The first-order valence-electron chi connectivity index (χ1n) is 10.8. The maximum absolute atomic E-state index is 14.4. The van der Waals surface area contributed by atoms with Gasteiger partial charge in [0.25, 0.3) is 5.91 Å². The number of hydrogen-bond donors (Lipinski definition) is 2. The second kappa shape index (κ2) is 8.18. The van der Waals surface area contributed by atoms with Crippen LogP contribution in [0.4, 0.5) is 26.0 Å². The van der Waals surface area contributed by atoms with E-state index in [4.69, 9.17) is 0 Å². The number of rotatable bonds is 4. The van der Waals surface area contributed by atoms with E-state index in [-0.39, 0.29) is 23.7 Å². The van der Waals surface area contributed by atoms with Gasteiger partial charge < -0.3 is 15.5 Å². The molecule has 1 aromatic carbocycles. The van der Waals surface area contributed by atoms with Crippen LogP contribution in [0.25, 0.3) is 11.3 Å². The number of piperidine rings is 1. The first kappa shape index (κ1) is 20.4. The van der Waals surface area contributed by atoms with Crippen LogP contribution < -0.4 is 15.5 Å². The summed E-state index contributed by atoms with van der Waals surface area (Å²) in [6.07, 6.45) is 5.37. The van der Waals surface area contributed by atoms with Gasteiger partial charge in [0.2, 0.25) is 0 Å². The number of nitrogens with one attached hydrogen (secondary N) is 2. The van der Waals surface area contributed by atoms with E-state index in [1.807, 2.05) is 18.3 Å². The molecule has 5 rings (SSSR count). The van der Waals surface area contributed by atoms with Gasteiger partial charge in [0.05, 0.1) is 46.6 Å². The van der Waals surface area contributed by atoms with Crippen molar-refractivity contribution in [2.45, 2.75) is 38.8 Å². The number of anilines is 3. The predicted molar refractivity (Wildman–Crippen MR) is 119 cm³/mol. The maximum Gasteiger partial charge on any atom is 0.255 e. The lowest BCUT2D eigenvalue weighted by Gasteiger charge is -2.35. The standard InChI is InChI=1S/C24H23F2N5O/c1-14-5-2-3-10-31(14)15-8-9-21(27-12-15)30-19-11-18(22-16(25)6-4-7-17(22)26)29-20-13-28-24(32)23(19)20/h4,6-9,11-12,14H,2-3,5,10,13H2,1H3,(H,28,32)(H,27,29,30)/t14-/m1/s1. The van der Waals surface area contributed by atoms with Gasteiger partial charge in [-0.25, -0.2) is 18.7 Å². The highest BCUT2D eigenvalue weighted by Crippen LogP contribution is 2.33. The van der Waals surface area contributed by atoms with Gasteiger partial charge in [0, 0.05) is 12.6 Å². The van der Waals surface area contributed by atoms with Crippen LogP contribution in [-0.2, 0) is 6.54 Å². The minimum Gasteiger partial charge on any atom is -0.368 e. The van der Waals surface area contributed by atoms with E-state index in [2.05, 4.69) is 32.4 Å². The molecule has 1 fully saturated rings. The number of benzene rings is 1. The SMILES string of the molecule is C[C@@H]1CCCCN1c1ccc(Nc2cc(-c3c(F)cccc3F)nc3c2C(=O)NC3)nc1. The Bertz CT molecular complexity index is 1160. The Labute approximate surface area is 184 Å². The Morgan fingerprint density at radius 1 is 1.12 bits per heavy atom. The quantitative estimate of drug-likeness (QED) is 0.617. The van der Waals surface area contributed by atoms with Crippen molar-refractivity contribution in [1.29, 1.82) is 0 Å². The van der Waals surface area contributed by atoms with Crippen molar-refractivity contribution in [3.05, 3.63) is 65.5 Å². The van der Waals surface area contributed by atoms with Crippen LogP contribution >= 0.6 is 0 Å². The van der Waals surface area contributed by atoms with Crippen molar-refractivity contribution in [3.8, 4) is 11.3 Å². The highest BCUT2D eigenvalue weighted by molar-refractivity contribution is 6.04. The molecule has 4 heterocycles. The average molecular weight is 435 g/mol. The summed E-state index contributed by atoms with van der Waals surface area (Å²) in [4.78, 5) is 23.6. The van der Waals surface area contributed by atoms with Crippen molar-refractivity contribution in [2.24, 2.45) is 0 Å². The molecular formula is C24H23F2N5O. The van der Waals surface area contributed by atoms with E-state index < -0.39 is 11.6 Å². The highest BCUT2D eigenvalue weighted by atomic mass is 19.1. The first-order chi connectivity index (χ1) is 15.5. The third kappa shape index (κ3) is 3.66. The predicted octanol–water partition coefficient (Wildman–Crippen LogP) is 4.79. The van der Waals surface area contributed by atoms with Crippen molar-refractivity contribution < 1.29 is 13.6 Å². The Morgan fingerprint density at radius 3 is 2.66 bits per heavy atom. The smallest absolute Gasteiger partial charge is 0.255 e. The van der Waals surface area contributed by atoms with Crippen molar-refractivity contribution >= 4 is 23.1 Å². The Morgan fingerprint density at radius 2 is 1.94 bits per heavy atom. The van der Waals surface area contributed by atoms with Gasteiger partial charge in [0.1, 0.15) is 17.5 Å². The number of aromatic nitrogens is 2. The molecule has 0 saturated carbocycles. The lowest BCUT2D eigenvalue weighted by molar-refractivity contribution is 0.0966. The van der Waals surface area contributed by atoms with Crippen molar-refractivity contribution in [3.63, 3.8) is 0 Å². The van der Waals surface area contributed by atoms with Gasteiger partial charge >= 0.3 is 0 Å². The second-order valence-electron chi connectivity index (χ2n) is 8.22. The van der Waals surface area contributed by atoms with E-state index in [9.17, 15) is 13.6 Å². The molecule has 0 spiro atoms. The number of nitrogens with zero attached hydrogens (tertiary/aromatic N) is 3. The molecule has 0 bridgehead atoms. The Kier molecular flexibility index (Phi) is 5.20. The fourth-order valence-electron chi connectivity index (χ4n) is 4.45. The summed E-state index contributed by atoms with van der Waals surface area (Å²) in [5.74, 6) is -1.17. The van der Waals surface area contributed by atoms with Gasteiger partial charge in [-0.3, -0.25) is 4.79 Å². The van der Waals surface area contributed by atoms with Gasteiger partial charge in [0.15, 0.2) is 0 Å². The van der Waals surface area contributed by atoms with Crippen molar-refractivity contribution in [1.82, 2.24) is 15.3 Å².